The molecule has 0 saturated carbocycles. The first kappa shape index (κ1) is 29.7. The van der Waals surface area contributed by atoms with E-state index in [1.807, 2.05) is 12.2 Å². The molecule has 0 fully saturated rings. The Hall–Kier alpha value is -1.31. The predicted molar refractivity (Wildman–Crippen MR) is 133 cm³/mol. The van der Waals surface area contributed by atoms with Gasteiger partial charge in [0.25, 0.3) is 0 Å². The van der Waals surface area contributed by atoms with Crippen LogP contribution in [0.1, 0.15) is 92.4 Å². The van der Waals surface area contributed by atoms with Crippen LogP contribution >= 0.6 is 11.8 Å². The second-order valence-corrected chi connectivity index (χ2v) is 11.3. The van der Waals surface area contributed by atoms with E-state index in [4.69, 9.17) is 0 Å². The Morgan fingerprint density at radius 3 is 2.61 bits per heavy atom. The highest BCUT2D eigenvalue weighted by Crippen LogP contribution is 2.36. The van der Waals surface area contributed by atoms with E-state index in [1.165, 1.54) is 12.8 Å². The molecule has 4 atom stereocenters. The lowest BCUT2D eigenvalue weighted by molar-refractivity contribution is -0.265. The minimum absolute atomic E-state index is 0.0527. The maximum Gasteiger partial charge on any atom is 0.360 e. The van der Waals surface area contributed by atoms with Crippen molar-refractivity contribution < 1.29 is 29.6 Å². The van der Waals surface area contributed by atoms with Crippen LogP contribution < -0.4 is 0 Å². The number of aliphatic hydroxyl groups is 2. The second kappa shape index (κ2) is 15.6. The zero-order valence-electron chi connectivity index (χ0n) is 21.0. The first-order chi connectivity index (χ1) is 15.5. The summed E-state index contributed by atoms with van der Waals surface area (Å²) in [4.78, 5) is 33.5. The summed E-state index contributed by atoms with van der Waals surface area (Å²) in [5, 5.41) is 20.6. The standard InChI is InChI=1S/C26H44O6S/c1-6-7-11-19(2)18-20(27)13-14-21-22(28)15-16-23(21)33-17-10-8-9-12-24(29)31-32-25(30)26(3,4)5/h13-14,16,19-22,27-28H,6-12,15,17-18H2,1-5H3/t19?,20?,21-,22?/m0/s1. The van der Waals surface area contributed by atoms with Crippen molar-refractivity contribution in [3.05, 3.63) is 23.1 Å². The summed E-state index contributed by atoms with van der Waals surface area (Å²) in [6.07, 6.45) is 12.5. The quantitative estimate of drug-likeness (QED) is 0.141. The van der Waals surface area contributed by atoms with Crippen LogP contribution in [0.4, 0.5) is 0 Å². The highest BCUT2D eigenvalue weighted by atomic mass is 32.2. The second-order valence-electron chi connectivity index (χ2n) is 10.1. The van der Waals surface area contributed by atoms with Crippen molar-refractivity contribution in [1.82, 2.24) is 0 Å². The molecular formula is C26H44O6S. The Labute approximate surface area is 204 Å². The van der Waals surface area contributed by atoms with Gasteiger partial charge >= 0.3 is 11.9 Å². The van der Waals surface area contributed by atoms with Crippen LogP contribution in [0.5, 0.6) is 0 Å². The zero-order valence-corrected chi connectivity index (χ0v) is 21.9. The molecule has 0 aromatic rings. The van der Waals surface area contributed by atoms with Crippen LogP contribution in [0.15, 0.2) is 23.1 Å². The Morgan fingerprint density at radius 2 is 1.94 bits per heavy atom. The van der Waals surface area contributed by atoms with Crippen molar-refractivity contribution >= 4 is 23.7 Å². The Bertz CT molecular complexity index is 652. The lowest BCUT2D eigenvalue weighted by atomic mass is 9.96. The van der Waals surface area contributed by atoms with Gasteiger partial charge in [0.1, 0.15) is 0 Å². The normalized spacial score (nSPS) is 20.5. The molecule has 190 valence electrons. The molecule has 33 heavy (non-hydrogen) atoms. The van der Waals surface area contributed by atoms with Crippen molar-refractivity contribution in [2.24, 2.45) is 17.3 Å². The number of thioether (sulfide) groups is 1. The molecule has 1 rings (SSSR count). The average Bonchev–Trinajstić information content (AvgIpc) is 3.09. The molecule has 1 aliphatic carbocycles. The van der Waals surface area contributed by atoms with E-state index in [0.717, 1.165) is 36.3 Å². The number of hydrogen-bond acceptors (Lipinski definition) is 7. The van der Waals surface area contributed by atoms with Gasteiger partial charge in [0, 0.05) is 5.92 Å². The summed E-state index contributed by atoms with van der Waals surface area (Å²) in [6, 6.07) is 0. The van der Waals surface area contributed by atoms with E-state index in [1.54, 1.807) is 32.5 Å². The number of hydrogen-bond donors (Lipinski definition) is 2. The van der Waals surface area contributed by atoms with Gasteiger partial charge in [0.15, 0.2) is 0 Å². The zero-order chi connectivity index (χ0) is 24.9. The highest BCUT2D eigenvalue weighted by Gasteiger charge is 2.27. The van der Waals surface area contributed by atoms with Gasteiger partial charge in [-0.25, -0.2) is 19.4 Å². The average molecular weight is 485 g/mol. The molecule has 0 bridgehead atoms. The van der Waals surface area contributed by atoms with Crippen molar-refractivity contribution in [1.29, 1.82) is 0 Å². The molecule has 0 saturated heterocycles. The molecular weight excluding hydrogens is 440 g/mol. The van der Waals surface area contributed by atoms with Crippen LogP contribution in [0.2, 0.25) is 0 Å². The van der Waals surface area contributed by atoms with Crippen molar-refractivity contribution in [2.75, 3.05) is 5.75 Å². The van der Waals surface area contributed by atoms with E-state index in [9.17, 15) is 19.8 Å². The molecule has 0 heterocycles. The summed E-state index contributed by atoms with van der Waals surface area (Å²) in [5.41, 5.74) is -0.710. The monoisotopic (exact) mass is 484 g/mol. The summed E-state index contributed by atoms with van der Waals surface area (Å²) in [7, 11) is 0. The predicted octanol–water partition coefficient (Wildman–Crippen LogP) is 5.73. The van der Waals surface area contributed by atoms with Gasteiger partial charge in [0.2, 0.25) is 0 Å². The van der Waals surface area contributed by atoms with Gasteiger partial charge in [-0.2, -0.15) is 0 Å². The van der Waals surface area contributed by atoms with Crippen LogP contribution in [0, 0.1) is 17.3 Å². The van der Waals surface area contributed by atoms with Crippen LogP contribution in [-0.2, 0) is 19.4 Å². The third kappa shape index (κ3) is 12.6. The lowest BCUT2D eigenvalue weighted by Gasteiger charge is -2.17. The van der Waals surface area contributed by atoms with Crippen LogP contribution in [0.3, 0.4) is 0 Å². The fourth-order valence-corrected chi connectivity index (χ4v) is 4.71. The summed E-state index contributed by atoms with van der Waals surface area (Å²) in [5.74, 6) is 0.234. The fourth-order valence-electron chi connectivity index (χ4n) is 3.49. The number of carbonyl (C=O) groups is 2. The van der Waals surface area contributed by atoms with Gasteiger partial charge in [-0.3, -0.25) is 0 Å². The van der Waals surface area contributed by atoms with Gasteiger partial charge in [0.05, 0.1) is 24.0 Å². The summed E-state index contributed by atoms with van der Waals surface area (Å²) < 4.78 is 0. The molecule has 6 nitrogen and oxygen atoms in total. The third-order valence-electron chi connectivity index (χ3n) is 5.66. The molecule has 1 aliphatic rings. The van der Waals surface area contributed by atoms with Gasteiger partial charge in [-0.15, -0.1) is 11.8 Å². The molecule has 0 aromatic carbocycles. The first-order valence-corrected chi connectivity index (χ1v) is 13.3. The highest BCUT2D eigenvalue weighted by molar-refractivity contribution is 8.03. The Balaban J connectivity index is 2.26. The molecule has 0 amide bonds. The minimum Gasteiger partial charge on any atom is -0.392 e. The SMILES string of the molecule is CCCCC(C)CC(O)C=C[C@@H]1C(SCCCCCC(=O)OOC(=O)C(C)(C)C)=CCC1O. The van der Waals surface area contributed by atoms with Gasteiger partial charge in [-0.1, -0.05) is 57.8 Å². The van der Waals surface area contributed by atoms with Crippen molar-refractivity contribution in [3.63, 3.8) is 0 Å². The minimum atomic E-state index is -0.710. The van der Waals surface area contributed by atoms with E-state index in [0.29, 0.717) is 18.8 Å². The van der Waals surface area contributed by atoms with Crippen molar-refractivity contribution in [3.8, 4) is 0 Å². The number of rotatable bonds is 14. The number of aliphatic hydroxyl groups excluding tert-OH is 2. The molecule has 3 unspecified atom stereocenters. The third-order valence-corrected chi connectivity index (χ3v) is 6.92. The summed E-state index contributed by atoms with van der Waals surface area (Å²) in [6.45, 7) is 9.43. The molecule has 0 radical (unpaired) electrons. The smallest absolute Gasteiger partial charge is 0.360 e. The topological polar surface area (TPSA) is 93.1 Å². The lowest BCUT2D eigenvalue weighted by Crippen LogP contribution is -2.24. The molecule has 2 N–H and O–H groups in total. The maximum atomic E-state index is 11.7. The molecule has 7 heteroatoms. The maximum absolute atomic E-state index is 11.7. The largest absolute Gasteiger partial charge is 0.392 e. The molecule has 0 aromatic heterocycles. The first-order valence-electron chi connectivity index (χ1n) is 12.3. The van der Waals surface area contributed by atoms with E-state index < -0.39 is 29.6 Å². The Morgan fingerprint density at radius 1 is 1.21 bits per heavy atom. The van der Waals surface area contributed by atoms with Crippen molar-refractivity contribution in [2.45, 2.75) is 105 Å². The van der Waals surface area contributed by atoms with E-state index in [2.05, 4.69) is 29.7 Å². The number of unbranched alkanes of at least 4 members (excludes halogenated alkanes) is 3. The fraction of sp³-hybridized carbons (Fsp3) is 0.769. The molecule has 0 spiro atoms. The van der Waals surface area contributed by atoms with E-state index in [-0.39, 0.29) is 12.3 Å². The van der Waals surface area contributed by atoms with Gasteiger partial charge < -0.3 is 10.2 Å². The van der Waals surface area contributed by atoms with Gasteiger partial charge in [-0.05, 0) is 63.0 Å². The van der Waals surface area contributed by atoms with Crippen LogP contribution in [-0.4, -0.2) is 40.1 Å². The molecule has 0 aliphatic heterocycles. The van der Waals surface area contributed by atoms with E-state index >= 15 is 0 Å². The Kier molecular flexibility index (Phi) is 14.0. The van der Waals surface area contributed by atoms with Crippen LogP contribution in [0.25, 0.3) is 0 Å². The number of carbonyl (C=O) groups excluding carboxylic acids is 2. The summed E-state index contributed by atoms with van der Waals surface area (Å²) >= 11 is 1.73.